The number of rotatable bonds is 5. The van der Waals surface area contributed by atoms with E-state index in [-0.39, 0.29) is 5.91 Å². The van der Waals surface area contributed by atoms with Gasteiger partial charge in [0, 0.05) is 43.6 Å². The molecule has 12 aromatic rings. The molecule has 0 radical (unpaired) electrons. The van der Waals surface area contributed by atoms with Gasteiger partial charge in [0.05, 0.1) is 55.7 Å². The summed E-state index contributed by atoms with van der Waals surface area (Å²) in [4.78, 5) is 16.7. The van der Waals surface area contributed by atoms with Crippen molar-refractivity contribution in [1.29, 1.82) is 0 Å². The summed E-state index contributed by atoms with van der Waals surface area (Å²) < 4.78 is 7.03. The van der Waals surface area contributed by atoms with Gasteiger partial charge < -0.3 is 18.8 Å². The van der Waals surface area contributed by atoms with Crippen LogP contribution in [-0.4, -0.2) is 24.7 Å². The van der Waals surface area contributed by atoms with Crippen LogP contribution in [0.1, 0.15) is 22.1 Å². The molecule has 13 rings (SSSR count). The number of hydrogen-bond donors (Lipinski definition) is 1. The van der Waals surface area contributed by atoms with Gasteiger partial charge in [-0.05, 0) is 65.7 Å². The summed E-state index contributed by atoms with van der Waals surface area (Å²) in [7, 11) is 0. The average Bonchev–Trinajstić information content (AvgIpc) is 4.04. The first kappa shape index (κ1) is 34.7. The Kier molecular flexibility index (Phi) is 7.35. The zero-order valence-electron chi connectivity index (χ0n) is 33.4. The van der Waals surface area contributed by atoms with E-state index in [4.69, 9.17) is 0 Å². The molecular weight excluding hydrogens is 761 g/mol. The van der Waals surface area contributed by atoms with Gasteiger partial charge in [0.2, 0.25) is 0 Å². The Bertz CT molecular complexity index is 3520. The van der Waals surface area contributed by atoms with Gasteiger partial charge in [-0.3, -0.25) is 9.69 Å². The molecular formula is C56H36N4O2. The second-order valence-corrected chi connectivity index (χ2v) is 16.1. The van der Waals surface area contributed by atoms with E-state index in [2.05, 4.69) is 159 Å². The van der Waals surface area contributed by atoms with Crippen LogP contribution in [0.2, 0.25) is 0 Å². The topological polar surface area (TPSA) is 55.3 Å². The van der Waals surface area contributed by atoms with Crippen molar-refractivity contribution >= 4 is 77.0 Å². The standard InChI is InChI=1S/C56H36N4O2/c61-55-44-23-14-28-49(52(44)56(62)57(55)37-33-31-36(32-34-37)35-15-2-1-3-16-35)60-53-42(21-12-29-50(53)58-45-24-8-4-17-38(45)39-18-5-9-25-46(39)58)43-22-13-30-51(54(43)60)59-47-26-10-6-19-40(47)41-20-7-11-27-48(41)59/h1-34,55,61H. The third-order valence-corrected chi connectivity index (χ3v) is 12.9. The number of anilines is 1. The highest BCUT2D eigenvalue weighted by Crippen LogP contribution is 2.46. The van der Waals surface area contributed by atoms with Crippen LogP contribution in [-0.2, 0) is 0 Å². The number of fused-ring (bicyclic) bond motifs is 10. The molecule has 0 bridgehead atoms. The number of carbonyl (C=O) groups is 1. The molecule has 62 heavy (non-hydrogen) atoms. The summed E-state index contributed by atoms with van der Waals surface area (Å²) in [5.41, 5.74) is 12.8. The van der Waals surface area contributed by atoms with Crippen molar-refractivity contribution < 1.29 is 9.90 Å². The summed E-state index contributed by atoms with van der Waals surface area (Å²) in [5.74, 6) is -0.255. The van der Waals surface area contributed by atoms with Crippen molar-refractivity contribution in [1.82, 2.24) is 13.7 Å². The minimum absolute atomic E-state index is 0.255. The molecule has 292 valence electrons. The van der Waals surface area contributed by atoms with Gasteiger partial charge in [-0.1, -0.05) is 152 Å². The van der Waals surface area contributed by atoms with E-state index in [9.17, 15) is 5.11 Å². The Morgan fingerprint density at radius 2 is 0.758 bits per heavy atom. The molecule has 1 amide bonds. The van der Waals surface area contributed by atoms with Crippen LogP contribution in [0.25, 0.3) is 93.6 Å². The minimum Gasteiger partial charge on any atom is -0.369 e. The maximum atomic E-state index is 15.2. The Morgan fingerprint density at radius 1 is 0.355 bits per heavy atom. The first-order chi connectivity index (χ1) is 30.7. The normalized spacial score (nSPS) is 14.0. The molecule has 0 aliphatic carbocycles. The monoisotopic (exact) mass is 796 g/mol. The minimum atomic E-state index is -1.18. The number of para-hydroxylation sites is 6. The smallest absolute Gasteiger partial charge is 0.263 e. The van der Waals surface area contributed by atoms with E-state index < -0.39 is 6.23 Å². The Balaban J connectivity index is 1.14. The van der Waals surface area contributed by atoms with Gasteiger partial charge in [0.15, 0.2) is 6.23 Å². The molecule has 0 saturated heterocycles. The first-order valence-corrected chi connectivity index (χ1v) is 21.0. The summed E-state index contributed by atoms with van der Waals surface area (Å²) in [5, 5.41) is 19.0. The highest BCUT2D eigenvalue weighted by atomic mass is 16.3. The molecule has 4 heterocycles. The molecule has 1 unspecified atom stereocenters. The Labute approximate surface area is 356 Å². The third-order valence-electron chi connectivity index (χ3n) is 12.9. The van der Waals surface area contributed by atoms with Gasteiger partial charge in [-0.2, -0.15) is 0 Å². The maximum Gasteiger partial charge on any atom is 0.263 e. The second kappa shape index (κ2) is 13.2. The van der Waals surface area contributed by atoms with Crippen molar-refractivity contribution in [2.75, 3.05) is 4.90 Å². The van der Waals surface area contributed by atoms with Gasteiger partial charge in [-0.25, -0.2) is 0 Å². The van der Waals surface area contributed by atoms with E-state index >= 15 is 4.79 Å². The molecule has 9 aromatic carbocycles. The van der Waals surface area contributed by atoms with Crippen molar-refractivity contribution in [3.05, 3.63) is 217 Å². The van der Waals surface area contributed by atoms with E-state index in [1.807, 2.05) is 60.7 Å². The van der Waals surface area contributed by atoms with Gasteiger partial charge >= 0.3 is 0 Å². The molecule has 0 saturated carbocycles. The quantitative estimate of drug-likeness (QED) is 0.189. The van der Waals surface area contributed by atoms with E-state index in [0.29, 0.717) is 22.5 Å². The molecule has 0 fully saturated rings. The van der Waals surface area contributed by atoms with E-state index in [0.717, 1.165) is 66.4 Å². The summed E-state index contributed by atoms with van der Waals surface area (Å²) in [6, 6.07) is 71.3. The molecule has 1 N–H and O–H groups in total. The fourth-order valence-corrected chi connectivity index (χ4v) is 10.3. The zero-order valence-corrected chi connectivity index (χ0v) is 33.4. The highest BCUT2D eigenvalue weighted by Gasteiger charge is 2.40. The van der Waals surface area contributed by atoms with Crippen molar-refractivity contribution in [2.45, 2.75) is 6.23 Å². The second-order valence-electron chi connectivity index (χ2n) is 16.1. The number of benzene rings is 9. The van der Waals surface area contributed by atoms with Crippen LogP contribution in [0, 0.1) is 0 Å². The fraction of sp³-hybridized carbons (Fsp3) is 0.0179. The molecule has 3 aromatic heterocycles. The molecule has 6 nitrogen and oxygen atoms in total. The highest BCUT2D eigenvalue weighted by molar-refractivity contribution is 6.20. The number of amides is 1. The van der Waals surface area contributed by atoms with E-state index in [1.54, 1.807) is 0 Å². The molecule has 6 heteroatoms. The van der Waals surface area contributed by atoms with Crippen molar-refractivity contribution in [3.63, 3.8) is 0 Å². The Morgan fingerprint density at radius 3 is 1.26 bits per heavy atom. The molecule has 0 spiro atoms. The van der Waals surface area contributed by atoms with Gasteiger partial charge in [0.25, 0.3) is 5.91 Å². The van der Waals surface area contributed by atoms with Crippen LogP contribution >= 0.6 is 0 Å². The van der Waals surface area contributed by atoms with Crippen LogP contribution in [0.5, 0.6) is 0 Å². The number of carbonyl (C=O) groups excluding carboxylic acids is 1. The molecule has 1 atom stereocenters. The first-order valence-electron chi connectivity index (χ1n) is 21.0. The lowest BCUT2D eigenvalue weighted by Crippen LogP contribution is -2.27. The van der Waals surface area contributed by atoms with Crippen LogP contribution in [0.15, 0.2) is 206 Å². The summed E-state index contributed by atoms with van der Waals surface area (Å²) >= 11 is 0. The van der Waals surface area contributed by atoms with Crippen molar-refractivity contribution in [2.24, 2.45) is 0 Å². The molecule has 1 aliphatic rings. The number of hydrogen-bond acceptors (Lipinski definition) is 2. The number of nitrogens with zero attached hydrogens (tertiary/aromatic N) is 4. The predicted octanol–water partition coefficient (Wildman–Crippen LogP) is 13.3. The van der Waals surface area contributed by atoms with Crippen molar-refractivity contribution in [3.8, 4) is 28.2 Å². The summed E-state index contributed by atoms with van der Waals surface area (Å²) in [6.07, 6.45) is -1.18. The lowest BCUT2D eigenvalue weighted by molar-refractivity contribution is 0.0935. The van der Waals surface area contributed by atoms with Gasteiger partial charge in [-0.15, -0.1) is 0 Å². The lowest BCUT2D eigenvalue weighted by atomic mass is 10.1. The number of aliphatic hydroxyl groups excluding tert-OH is 1. The van der Waals surface area contributed by atoms with Crippen LogP contribution in [0.4, 0.5) is 5.69 Å². The summed E-state index contributed by atoms with van der Waals surface area (Å²) in [6.45, 7) is 0. The van der Waals surface area contributed by atoms with E-state index in [1.165, 1.54) is 26.4 Å². The Hall–Kier alpha value is -8.19. The fourth-order valence-electron chi connectivity index (χ4n) is 10.3. The molecule has 1 aliphatic heterocycles. The third kappa shape index (κ3) is 4.75. The zero-order chi connectivity index (χ0) is 41.1. The lowest BCUT2D eigenvalue weighted by Gasteiger charge is -2.21. The maximum absolute atomic E-state index is 15.2. The van der Waals surface area contributed by atoms with Crippen LogP contribution in [0.3, 0.4) is 0 Å². The number of aliphatic hydroxyl groups is 1. The largest absolute Gasteiger partial charge is 0.369 e. The van der Waals surface area contributed by atoms with Gasteiger partial charge in [0.1, 0.15) is 0 Å². The average molecular weight is 797 g/mol. The SMILES string of the molecule is O=C1c2c(cccc2-n2c3c(-n4c5ccccc5c5ccccc54)cccc3c3cccc(-n4c5ccccc5c5ccccc54)c32)C(O)N1c1ccc(-c2ccccc2)cc1. The predicted molar refractivity (Wildman–Crippen MR) is 253 cm³/mol. The van der Waals surface area contributed by atoms with Crippen LogP contribution < -0.4 is 4.90 Å². The number of aromatic nitrogens is 3.